The quantitative estimate of drug-likeness (QED) is 0.691. The molecule has 0 bridgehead atoms. The molecule has 1 N–H and O–H groups in total. The van der Waals surface area contributed by atoms with Gasteiger partial charge in [0.2, 0.25) is 0 Å². The van der Waals surface area contributed by atoms with Gasteiger partial charge in [0, 0.05) is 6.42 Å². The minimum Gasteiger partial charge on any atom is -0.385 e. The van der Waals surface area contributed by atoms with Crippen LogP contribution in [0.2, 0.25) is 0 Å². The Hall–Kier alpha value is -0.370. The molecule has 1 unspecified atom stereocenters. The average molecular weight is 186 g/mol. The van der Waals surface area contributed by atoms with Gasteiger partial charge in [0.15, 0.2) is 5.78 Å². The molecule has 0 saturated carbocycles. The van der Waals surface area contributed by atoms with Crippen LogP contribution in [0.3, 0.4) is 0 Å². The first kappa shape index (κ1) is 12.6. The second-order valence-corrected chi connectivity index (χ2v) is 4.55. The van der Waals surface area contributed by atoms with E-state index < -0.39 is 6.10 Å². The minimum atomic E-state index is -0.732. The lowest BCUT2D eigenvalue weighted by Gasteiger charge is -2.12. The Kier molecular flexibility index (Phi) is 5.97. The lowest BCUT2D eigenvalue weighted by atomic mass is 9.98. The number of ketones is 1. The zero-order chi connectivity index (χ0) is 10.4. The first-order valence-corrected chi connectivity index (χ1v) is 5.14. The van der Waals surface area contributed by atoms with Crippen LogP contribution in [0.25, 0.3) is 0 Å². The van der Waals surface area contributed by atoms with E-state index in [0.29, 0.717) is 24.7 Å². The van der Waals surface area contributed by atoms with Gasteiger partial charge in [-0.1, -0.05) is 27.7 Å². The van der Waals surface area contributed by atoms with E-state index in [9.17, 15) is 9.90 Å². The molecule has 0 spiro atoms. The molecule has 13 heavy (non-hydrogen) atoms. The van der Waals surface area contributed by atoms with Crippen molar-refractivity contribution in [2.24, 2.45) is 11.8 Å². The lowest BCUT2D eigenvalue weighted by molar-refractivity contribution is -0.128. The highest BCUT2D eigenvalue weighted by atomic mass is 16.3. The van der Waals surface area contributed by atoms with Crippen molar-refractivity contribution in [2.45, 2.75) is 53.1 Å². The molecule has 0 radical (unpaired) electrons. The van der Waals surface area contributed by atoms with Crippen LogP contribution in [0.1, 0.15) is 47.0 Å². The van der Waals surface area contributed by atoms with Crippen LogP contribution in [-0.2, 0) is 4.79 Å². The molecule has 0 amide bonds. The van der Waals surface area contributed by atoms with E-state index in [-0.39, 0.29) is 5.78 Å². The Labute approximate surface area is 81.3 Å². The molecule has 0 aromatic carbocycles. The van der Waals surface area contributed by atoms with Gasteiger partial charge in [-0.3, -0.25) is 4.79 Å². The smallest absolute Gasteiger partial charge is 0.161 e. The van der Waals surface area contributed by atoms with Crippen molar-refractivity contribution in [3.05, 3.63) is 0 Å². The van der Waals surface area contributed by atoms with Crippen molar-refractivity contribution >= 4 is 5.78 Å². The normalized spacial score (nSPS) is 13.8. The molecule has 0 heterocycles. The molecule has 0 aromatic heterocycles. The van der Waals surface area contributed by atoms with Crippen molar-refractivity contribution in [2.75, 3.05) is 0 Å². The molecule has 78 valence electrons. The Balaban J connectivity index is 3.69. The monoisotopic (exact) mass is 186 g/mol. The zero-order valence-electron chi connectivity index (χ0n) is 9.21. The molecule has 0 aromatic rings. The summed E-state index contributed by atoms with van der Waals surface area (Å²) >= 11 is 0. The number of carbonyl (C=O) groups is 1. The van der Waals surface area contributed by atoms with Gasteiger partial charge in [0.1, 0.15) is 6.10 Å². The van der Waals surface area contributed by atoms with Crippen LogP contribution in [0.15, 0.2) is 0 Å². The summed E-state index contributed by atoms with van der Waals surface area (Å²) in [5, 5.41) is 9.47. The second-order valence-electron chi connectivity index (χ2n) is 4.55. The summed E-state index contributed by atoms with van der Waals surface area (Å²) in [6.07, 6.45) is 1.30. The van der Waals surface area contributed by atoms with E-state index >= 15 is 0 Å². The summed E-state index contributed by atoms with van der Waals surface area (Å²) in [6.45, 7) is 8.18. The number of carbonyl (C=O) groups excluding carboxylic acids is 1. The van der Waals surface area contributed by atoms with E-state index in [4.69, 9.17) is 0 Å². The largest absolute Gasteiger partial charge is 0.385 e. The minimum absolute atomic E-state index is 0.00403. The maximum Gasteiger partial charge on any atom is 0.161 e. The molecular formula is C11H22O2. The summed E-state index contributed by atoms with van der Waals surface area (Å²) in [7, 11) is 0. The number of hydrogen-bond acceptors (Lipinski definition) is 2. The van der Waals surface area contributed by atoms with Crippen LogP contribution >= 0.6 is 0 Å². The van der Waals surface area contributed by atoms with Crippen LogP contribution in [0, 0.1) is 11.8 Å². The van der Waals surface area contributed by atoms with Gasteiger partial charge in [-0.2, -0.15) is 0 Å². The average Bonchev–Trinajstić information content (AvgIpc) is 1.98. The zero-order valence-corrected chi connectivity index (χ0v) is 9.21. The predicted octanol–water partition coefficient (Wildman–Crippen LogP) is 2.40. The summed E-state index contributed by atoms with van der Waals surface area (Å²) in [4.78, 5) is 11.3. The SMILES string of the molecule is CC(C)CCC(O)C(=O)CC(C)C. The molecule has 0 aliphatic carbocycles. The summed E-state index contributed by atoms with van der Waals surface area (Å²) in [5.41, 5.74) is 0. The van der Waals surface area contributed by atoms with Gasteiger partial charge in [0.05, 0.1) is 0 Å². The van der Waals surface area contributed by atoms with E-state index in [2.05, 4.69) is 13.8 Å². The van der Waals surface area contributed by atoms with Gasteiger partial charge in [-0.05, 0) is 24.7 Å². The molecule has 2 nitrogen and oxygen atoms in total. The summed E-state index contributed by atoms with van der Waals surface area (Å²) < 4.78 is 0. The van der Waals surface area contributed by atoms with Crippen LogP contribution < -0.4 is 0 Å². The second kappa shape index (κ2) is 6.14. The van der Waals surface area contributed by atoms with Crippen molar-refractivity contribution in [3.63, 3.8) is 0 Å². The van der Waals surface area contributed by atoms with E-state index in [1.807, 2.05) is 13.8 Å². The van der Waals surface area contributed by atoms with Crippen molar-refractivity contribution < 1.29 is 9.90 Å². The fourth-order valence-electron chi connectivity index (χ4n) is 1.19. The van der Waals surface area contributed by atoms with Gasteiger partial charge in [0.25, 0.3) is 0 Å². The Morgan fingerprint density at radius 2 is 1.62 bits per heavy atom. The van der Waals surface area contributed by atoms with Gasteiger partial charge in [-0.25, -0.2) is 0 Å². The number of rotatable bonds is 6. The molecule has 0 aliphatic rings. The third kappa shape index (κ3) is 6.76. The van der Waals surface area contributed by atoms with Crippen LogP contribution in [0.4, 0.5) is 0 Å². The molecule has 0 fully saturated rings. The summed E-state index contributed by atoms with van der Waals surface area (Å²) in [6, 6.07) is 0. The fourth-order valence-corrected chi connectivity index (χ4v) is 1.19. The standard InChI is InChI=1S/C11H22O2/c1-8(2)5-6-10(12)11(13)7-9(3)4/h8-10,12H,5-7H2,1-4H3. The molecular weight excluding hydrogens is 164 g/mol. The number of Topliss-reactive ketones (excluding diaryl/α,β-unsaturated/α-hetero) is 1. The molecule has 1 atom stereocenters. The van der Waals surface area contributed by atoms with Crippen LogP contribution in [0.5, 0.6) is 0 Å². The Morgan fingerprint density at radius 3 is 2.00 bits per heavy atom. The van der Waals surface area contributed by atoms with E-state index in [1.165, 1.54) is 0 Å². The maximum atomic E-state index is 11.3. The van der Waals surface area contributed by atoms with E-state index in [0.717, 1.165) is 6.42 Å². The highest BCUT2D eigenvalue weighted by Crippen LogP contribution is 2.10. The molecule has 0 aliphatic heterocycles. The summed E-state index contributed by atoms with van der Waals surface area (Å²) in [5.74, 6) is 0.901. The van der Waals surface area contributed by atoms with Crippen molar-refractivity contribution in [3.8, 4) is 0 Å². The Morgan fingerprint density at radius 1 is 1.08 bits per heavy atom. The van der Waals surface area contributed by atoms with Crippen molar-refractivity contribution in [1.29, 1.82) is 0 Å². The van der Waals surface area contributed by atoms with Gasteiger partial charge >= 0.3 is 0 Å². The number of aliphatic hydroxyl groups excluding tert-OH is 1. The molecule has 0 saturated heterocycles. The number of hydrogen-bond donors (Lipinski definition) is 1. The Bertz CT molecular complexity index is 150. The maximum absolute atomic E-state index is 11.3. The third-order valence-electron chi connectivity index (χ3n) is 2.00. The first-order chi connectivity index (χ1) is 5.93. The predicted molar refractivity (Wildman–Crippen MR) is 54.5 cm³/mol. The van der Waals surface area contributed by atoms with E-state index in [1.54, 1.807) is 0 Å². The van der Waals surface area contributed by atoms with Gasteiger partial charge in [-0.15, -0.1) is 0 Å². The fraction of sp³-hybridized carbons (Fsp3) is 0.909. The van der Waals surface area contributed by atoms with Crippen LogP contribution in [-0.4, -0.2) is 17.0 Å². The number of aliphatic hydroxyl groups is 1. The van der Waals surface area contributed by atoms with Crippen molar-refractivity contribution in [1.82, 2.24) is 0 Å². The molecule has 2 heteroatoms. The highest BCUT2D eigenvalue weighted by Gasteiger charge is 2.15. The lowest BCUT2D eigenvalue weighted by Crippen LogP contribution is -2.22. The highest BCUT2D eigenvalue weighted by molar-refractivity contribution is 5.82. The topological polar surface area (TPSA) is 37.3 Å². The van der Waals surface area contributed by atoms with Gasteiger partial charge < -0.3 is 5.11 Å². The molecule has 0 rings (SSSR count). The first-order valence-electron chi connectivity index (χ1n) is 5.14. The third-order valence-corrected chi connectivity index (χ3v) is 2.00.